The molecule has 1 aromatic carbocycles. The Bertz CT molecular complexity index is 742. The first-order chi connectivity index (χ1) is 11.5. The number of benzene rings is 1. The second kappa shape index (κ2) is 5.19. The predicted octanol–water partition coefficient (Wildman–Crippen LogP) is 1.59. The number of hydrogen-bond donors (Lipinski definition) is 2. The van der Waals surface area contributed by atoms with Gasteiger partial charge in [0.15, 0.2) is 0 Å². The fraction of sp³-hybridized carbons (Fsp3) is 0.389. The van der Waals surface area contributed by atoms with Gasteiger partial charge in [-0.3, -0.25) is 19.3 Å². The minimum atomic E-state index is -1.05. The fourth-order valence-corrected chi connectivity index (χ4v) is 4.52. The summed E-state index contributed by atoms with van der Waals surface area (Å²) in [7, 11) is 0. The molecule has 3 aliphatic rings. The molecule has 0 spiro atoms. The lowest BCUT2D eigenvalue weighted by Gasteiger charge is -2.27. The lowest BCUT2D eigenvalue weighted by Crippen LogP contribution is -2.37. The Hall–Kier alpha value is -2.63. The van der Waals surface area contributed by atoms with Crippen LogP contribution in [0.2, 0.25) is 0 Å². The number of amides is 2. The third-order valence-corrected chi connectivity index (χ3v) is 5.48. The van der Waals surface area contributed by atoms with Crippen LogP contribution in [-0.4, -0.2) is 27.8 Å². The molecule has 6 heteroatoms. The Morgan fingerprint density at radius 1 is 1.21 bits per heavy atom. The Morgan fingerprint density at radius 2 is 1.83 bits per heavy atom. The first-order valence-electron chi connectivity index (χ1n) is 8.10. The van der Waals surface area contributed by atoms with Crippen LogP contribution in [0.15, 0.2) is 36.4 Å². The summed E-state index contributed by atoms with van der Waals surface area (Å²) >= 11 is 0. The van der Waals surface area contributed by atoms with E-state index in [9.17, 15) is 19.5 Å². The van der Waals surface area contributed by atoms with Crippen LogP contribution in [0, 0.1) is 23.7 Å². The molecule has 1 heterocycles. The molecule has 1 saturated carbocycles. The number of rotatable bonds is 4. The molecule has 2 aliphatic carbocycles. The highest BCUT2D eigenvalue weighted by molar-refractivity contribution is 6.07. The number of carboxylic acid groups (broad SMARTS) is 1. The summed E-state index contributed by atoms with van der Waals surface area (Å²) in [5, 5.41) is 9.27. The largest absolute Gasteiger partial charge is 0.481 e. The van der Waals surface area contributed by atoms with Gasteiger partial charge in [0.2, 0.25) is 11.8 Å². The van der Waals surface area contributed by atoms with Gasteiger partial charge in [0.25, 0.3) is 0 Å². The molecule has 24 heavy (non-hydrogen) atoms. The van der Waals surface area contributed by atoms with Crippen LogP contribution in [0.5, 0.6) is 0 Å². The van der Waals surface area contributed by atoms with Crippen LogP contribution in [0.25, 0.3) is 0 Å². The number of likely N-dealkylation sites (tertiary alicyclic amines) is 1. The van der Waals surface area contributed by atoms with E-state index in [1.165, 1.54) is 4.90 Å². The van der Waals surface area contributed by atoms with Gasteiger partial charge >= 0.3 is 5.97 Å². The molecule has 6 nitrogen and oxygen atoms in total. The lowest BCUT2D eigenvalue weighted by molar-refractivity contribution is -0.146. The van der Waals surface area contributed by atoms with E-state index in [-0.39, 0.29) is 41.9 Å². The van der Waals surface area contributed by atoms with Gasteiger partial charge in [-0.15, -0.1) is 0 Å². The number of carboxylic acids is 1. The summed E-state index contributed by atoms with van der Waals surface area (Å²) in [6.45, 7) is 0. The summed E-state index contributed by atoms with van der Waals surface area (Å²) < 4.78 is 0. The average Bonchev–Trinajstić information content (AvgIpc) is 3.20. The lowest BCUT2D eigenvalue weighted by atomic mass is 9.85. The van der Waals surface area contributed by atoms with Crippen LogP contribution in [-0.2, 0) is 14.4 Å². The number of carbonyl (C=O) groups is 3. The normalized spacial score (nSPS) is 31.6. The Morgan fingerprint density at radius 3 is 2.38 bits per heavy atom. The van der Waals surface area contributed by atoms with Crippen molar-refractivity contribution in [1.29, 1.82) is 0 Å². The molecule has 3 N–H and O–H groups in total. The van der Waals surface area contributed by atoms with Crippen molar-refractivity contribution >= 4 is 23.5 Å². The minimum Gasteiger partial charge on any atom is -0.481 e. The topological polar surface area (TPSA) is 101 Å². The van der Waals surface area contributed by atoms with Gasteiger partial charge in [0.1, 0.15) is 0 Å². The van der Waals surface area contributed by atoms with Gasteiger partial charge in [-0.05, 0) is 36.0 Å². The molecule has 5 atom stereocenters. The van der Waals surface area contributed by atoms with Gasteiger partial charge in [-0.25, -0.2) is 0 Å². The van der Waals surface area contributed by atoms with Crippen molar-refractivity contribution in [2.24, 2.45) is 23.7 Å². The smallest absolute Gasteiger partial charge is 0.305 e. The SMILES string of the molecule is Nc1cccc([C@@H](CC(=O)O)N2C(=O)[C@@H]3[C@H](C2=O)[C@H]2C=C[C@H]3C2)c1. The maximum atomic E-state index is 12.9. The number of nitrogen functional groups attached to an aromatic ring is 1. The van der Waals surface area contributed by atoms with Crippen molar-refractivity contribution in [3.63, 3.8) is 0 Å². The van der Waals surface area contributed by atoms with Crippen molar-refractivity contribution in [3.8, 4) is 0 Å². The molecule has 0 aromatic heterocycles. The summed E-state index contributed by atoms with van der Waals surface area (Å²) in [5.74, 6) is -1.98. The van der Waals surface area contributed by atoms with Gasteiger partial charge in [-0.2, -0.15) is 0 Å². The highest BCUT2D eigenvalue weighted by Gasteiger charge is 2.60. The summed E-state index contributed by atoms with van der Waals surface area (Å²) in [5.41, 5.74) is 6.85. The van der Waals surface area contributed by atoms with E-state index in [0.29, 0.717) is 11.3 Å². The zero-order valence-electron chi connectivity index (χ0n) is 13.0. The quantitative estimate of drug-likeness (QED) is 0.497. The first kappa shape index (κ1) is 14.9. The Labute approximate surface area is 138 Å². The summed E-state index contributed by atoms with van der Waals surface area (Å²) in [6.07, 6.45) is 4.58. The first-order valence-corrected chi connectivity index (χ1v) is 8.10. The van der Waals surface area contributed by atoms with E-state index in [1.54, 1.807) is 24.3 Å². The Kier molecular flexibility index (Phi) is 3.23. The molecule has 0 radical (unpaired) electrons. The number of anilines is 1. The highest BCUT2D eigenvalue weighted by atomic mass is 16.4. The number of fused-ring (bicyclic) bond motifs is 5. The average molecular weight is 326 g/mol. The van der Waals surface area contributed by atoms with Crippen molar-refractivity contribution < 1.29 is 19.5 Å². The monoisotopic (exact) mass is 326 g/mol. The molecular formula is C18H18N2O4. The van der Waals surface area contributed by atoms with Crippen LogP contribution >= 0.6 is 0 Å². The molecule has 1 saturated heterocycles. The second-order valence-electron chi connectivity index (χ2n) is 6.83. The molecule has 1 aliphatic heterocycles. The van der Waals surface area contributed by atoms with E-state index >= 15 is 0 Å². The standard InChI is InChI=1S/C18H18N2O4/c19-12-3-1-2-9(7-12)13(8-14(21)22)20-17(23)15-10-4-5-11(6-10)16(15)18(20)24/h1-5,7,10-11,13,15-16H,6,8,19H2,(H,21,22)/t10-,11-,13+,15-,16+/m0/s1. The molecule has 0 unspecified atom stereocenters. The van der Waals surface area contributed by atoms with Crippen molar-refractivity contribution in [1.82, 2.24) is 4.90 Å². The number of hydrogen-bond acceptors (Lipinski definition) is 4. The van der Waals surface area contributed by atoms with Crippen LogP contribution in [0.1, 0.15) is 24.4 Å². The van der Waals surface area contributed by atoms with E-state index < -0.39 is 12.0 Å². The third kappa shape index (κ3) is 2.06. The Balaban J connectivity index is 1.72. The van der Waals surface area contributed by atoms with E-state index in [2.05, 4.69) is 0 Å². The van der Waals surface area contributed by atoms with E-state index in [0.717, 1.165) is 6.42 Å². The molecule has 2 bridgehead atoms. The maximum absolute atomic E-state index is 12.9. The van der Waals surface area contributed by atoms with Gasteiger partial charge in [-0.1, -0.05) is 24.3 Å². The molecule has 2 amide bonds. The van der Waals surface area contributed by atoms with Crippen LogP contribution in [0.4, 0.5) is 5.69 Å². The van der Waals surface area contributed by atoms with Gasteiger partial charge in [0.05, 0.1) is 24.3 Å². The molecular weight excluding hydrogens is 308 g/mol. The molecule has 2 fully saturated rings. The van der Waals surface area contributed by atoms with Gasteiger partial charge in [0, 0.05) is 5.69 Å². The van der Waals surface area contributed by atoms with Crippen LogP contribution < -0.4 is 5.73 Å². The minimum absolute atomic E-state index is 0.104. The second-order valence-corrected chi connectivity index (χ2v) is 6.83. The zero-order valence-corrected chi connectivity index (χ0v) is 13.0. The highest BCUT2D eigenvalue weighted by Crippen LogP contribution is 2.54. The third-order valence-electron chi connectivity index (χ3n) is 5.48. The van der Waals surface area contributed by atoms with Crippen molar-refractivity contribution in [3.05, 3.63) is 42.0 Å². The van der Waals surface area contributed by atoms with Gasteiger partial charge < -0.3 is 10.8 Å². The maximum Gasteiger partial charge on any atom is 0.305 e. The molecule has 4 rings (SSSR count). The predicted molar refractivity (Wildman–Crippen MR) is 85.4 cm³/mol. The van der Waals surface area contributed by atoms with Crippen molar-refractivity contribution in [2.75, 3.05) is 5.73 Å². The van der Waals surface area contributed by atoms with Crippen LogP contribution in [0.3, 0.4) is 0 Å². The number of nitrogens with zero attached hydrogens (tertiary/aromatic N) is 1. The summed E-state index contributed by atoms with van der Waals surface area (Å²) in [4.78, 5) is 38.3. The number of carbonyl (C=O) groups excluding carboxylic acids is 2. The molecule has 1 aromatic rings. The van der Waals surface area contributed by atoms with E-state index in [4.69, 9.17) is 5.73 Å². The number of imide groups is 1. The zero-order chi connectivity index (χ0) is 17.0. The van der Waals surface area contributed by atoms with Crippen molar-refractivity contribution in [2.45, 2.75) is 18.9 Å². The number of allylic oxidation sites excluding steroid dienone is 2. The molecule has 124 valence electrons. The van der Waals surface area contributed by atoms with E-state index in [1.807, 2.05) is 12.2 Å². The number of aliphatic carboxylic acids is 1. The number of nitrogens with two attached hydrogens (primary N) is 1. The summed E-state index contributed by atoms with van der Waals surface area (Å²) in [6, 6.07) is 5.93. The fourth-order valence-electron chi connectivity index (χ4n) is 4.52.